The Bertz CT molecular complexity index is 998. The van der Waals surface area contributed by atoms with Crippen molar-refractivity contribution in [1.82, 2.24) is 4.31 Å². The second-order valence-corrected chi connectivity index (χ2v) is 9.68. The molecule has 3 N–H and O–H groups in total. The third kappa shape index (κ3) is 6.46. The number of carbonyl (C=O) groups excluding carboxylic acids is 1. The van der Waals surface area contributed by atoms with Crippen molar-refractivity contribution in [2.45, 2.75) is 52.4 Å². The Morgan fingerprint density at radius 3 is 2.19 bits per heavy atom. The number of amides is 1. The van der Waals surface area contributed by atoms with Crippen LogP contribution in [-0.4, -0.2) is 44.8 Å². The largest absolute Gasteiger partial charge is 0.383 e. The summed E-state index contributed by atoms with van der Waals surface area (Å²) in [5, 5.41) is 9.42. The lowest BCUT2D eigenvalue weighted by atomic mass is 10.1. The predicted molar refractivity (Wildman–Crippen MR) is 133 cm³/mol. The highest BCUT2D eigenvalue weighted by Crippen LogP contribution is 2.27. The van der Waals surface area contributed by atoms with Crippen LogP contribution in [0.15, 0.2) is 41.3 Å². The molecule has 1 amide bonds. The van der Waals surface area contributed by atoms with Gasteiger partial charge in [-0.3, -0.25) is 4.79 Å². The van der Waals surface area contributed by atoms with Crippen LogP contribution in [0, 0.1) is 13.8 Å². The highest BCUT2D eigenvalue weighted by Gasteiger charge is 2.22. The minimum atomic E-state index is -3.60. The number of aryl methyl sites for hydroxylation is 2. The van der Waals surface area contributed by atoms with Crippen LogP contribution in [0.4, 0.5) is 17.1 Å². The van der Waals surface area contributed by atoms with Crippen LogP contribution in [0.3, 0.4) is 0 Å². The van der Waals surface area contributed by atoms with Gasteiger partial charge in [0, 0.05) is 25.3 Å². The number of nitrogens with zero attached hydrogens (tertiary/aromatic N) is 1. The van der Waals surface area contributed by atoms with E-state index in [0.717, 1.165) is 41.9 Å². The molecule has 0 atom stereocenters. The Labute approximate surface area is 192 Å². The van der Waals surface area contributed by atoms with Crippen molar-refractivity contribution in [3.05, 3.63) is 47.5 Å². The van der Waals surface area contributed by atoms with Gasteiger partial charge in [-0.1, -0.05) is 45.4 Å². The van der Waals surface area contributed by atoms with E-state index in [1.54, 1.807) is 18.2 Å². The lowest BCUT2D eigenvalue weighted by Gasteiger charge is -2.20. The van der Waals surface area contributed by atoms with E-state index in [4.69, 9.17) is 0 Å². The number of carbonyl (C=O) groups is 1. The maximum absolute atomic E-state index is 13.0. The van der Waals surface area contributed by atoms with Crippen molar-refractivity contribution in [1.29, 1.82) is 0 Å². The predicted octanol–water partition coefficient (Wildman–Crippen LogP) is 4.60. The molecular formula is C24H36N4O3S. The molecule has 8 heteroatoms. The van der Waals surface area contributed by atoms with Crippen molar-refractivity contribution >= 4 is 33.0 Å². The maximum atomic E-state index is 13.0. The first kappa shape index (κ1) is 25.7. The van der Waals surface area contributed by atoms with E-state index in [9.17, 15) is 13.2 Å². The molecular weight excluding hydrogens is 424 g/mol. The fourth-order valence-corrected chi connectivity index (χ4v) is 4.95. The smallest absolute Gasteiger partial charge is 0.243 e. The molecule has 0 saturated carbocycles. The molecule has 0 aliphatic heterocycles. The standard InChI is InChI=1S/C24H36N4O3S/c1-6-9-15-25-21-14-13-20(32(30,31)28(7-2)8-3)16-22(21)26-17-23(29)27-24-18(4)11-10-12-19(24)5/h10-14,16,25-26H,6-9,15,17H2,1-5H3,(H,27,29). The Kier molecular flexibility index (Phi) is 9.53. The molecule has 0 aliphatic rings. The zero-order chi connectivity index (χ0) is 23.7. The summed E-state index contributed by atoms with van der Waals surface area (Å²) in [5.41, 5.74) is 4.15. The number of nitrogens with one attached hydrogen (secondary N) is 3. The number of unbranched alkanes of at least 4 members (excludes halogenated alkanes) is 1. The van der Waals surface area contributed by atoms with E-state index < -0.39 is 10.0 Å². The molecule has 7 nitrogen and oxygen atoms in total. The molecule has 0 radical (unpaired) electrons. The minimum Gasteiger partial charge on any atom is -0.383 e. The number of anilines is 3. The maximum Gasteiger partial charge on any atom is 0.243 e. The summed E-state index contributed by atoms with van der Waals surface area (Å²) in [6, 6.07) is 10.8. The van der Waals surface area contributed by atoms with Crippen LogP contribution >= 0.6 is 0 Å². The Morgan fingerprint density at radius 2 is 1.59 bits per heavy atom. The molecule has 0 fully saturated rings. The lowest BCUT2D eigenvalue weighted by Crippen LogP contribution is -2.30. The summed E-state index contributed by atoms with van der Waals surface area (Å²) in [4.78, 5) is 12.8. The van der Waals surface area contributed by atoms with Crippen molar-refractivity contribution in [3.8, 4) is 0 Å². The van der Waals surface area contributed by atoms with Crippen LogP contribution < -0.4 is 16.0 Å². The third-order valence-electron chi connectivity index (χ3n) is 5.36. The van der Waals surface area contributed by atoms with Crippen LogP contribution in [0.25, 0.3) is 0 Å². The SMILES string of the molecule is CCCCNc1ccc(S(=O)(=O)N(CC)CC)cc1NCC(=O)Nc1c(C)cccc1C. The molecule has 32 heavy (non-hydrogen) atoms. The highest BCUT2D eigenvalue weighted by atomic mass is 32.2. The number of para-hydroxylation sites is 1. The van der Waals surface area contributed by atoms with Crippen molar-refractivity contribution in [2.24, 2.45) is 0 Å². The van der Waals surface area contributed by atoms with E-state index in [1.807, 2.05) is 45.9 Å². The molecule has 0 heterocycles. The Morgan fingerprint density at radius 1 is 0.938 bits per heavy atom. The summed E-state index contributed by atoms with van der Waals surface area (Å²) in [6.45, 7) is 11.2. The van der Waals surface area contributed by atoms with E-state index in [2.05, 4.69) is 22.9 Å². The molecule has 0 unspecified atom stereocenters. The van der Waals surface area contributed by atoms with E-state index in [1.165, 1.54) is 4.31 Å². The average Bonchev–Trinajstić information content (AvgIpc) is 2.76. The van der Waals surface area contributed by atoms with E-state index in [-0.39, 0.29) is 17.3 Å². The first-order valence-corrected chi connectivity index (χ1v) is 12.7. The fourth-order valence-electron chi connectivity index (χ4n) is 3.47. The van der Waals surface area contributed by atoms with Crippen LogP contribution in [0.5, 0.6) is 0 Å². The molecule has 0 spiro atoms. The summed E-state index contributed by atoms with van der Waals surface area (Å²) in [7, 11) is -3.60. The molecule has 176 valence electrons. The first-order valence-electron chi connectivity index (χ1n) is 11.2. The zero-order valence-corrected chi connectivity index (χ0v) is 20.6. The van der Waals surface area contributed by atoms with Crippen LogP contribution in [0.2, 0.25) is 0 Å². The van der Waals surface area contributed by atoms with Gasteiger partial charge in [0.05, 0.1) is 22.8 Å². The second kappa shape index (κ2) is 11.9. The summed E-state index contributed by atoms with van der Waals surface area (Å²) in [6.07, 6.45) is 2.04. The summed E-state index contributed by atoms with van der Waals surface area (Å²) >= 11 is 0. The molecule has 2 aromatic rings. The van der Waals surface area contributed by atoms with Gasteiger partial charge in [0.25, 0.3) is 0 Å². The van der Waals surface area contributed by atoms with Gasteiger partial charge in [-0.05, 0) is 49.6 Å². The fraction of sp³-hybridized carbons (Fsp3) is 0.458. The van der Waals surface area contributed by atoms with E-state index in [0.29, 0.717) is 18.8 Å². The van der Waals surface area contributed by atoms with Crippen LogP contribution in [-0.2, 0) is 14.8 Å². The number of sulfonamides is 1. The molecule has 0 bridgehead atoms. The average molecular weight is 461 g/mol. The van der Waals surface area contributed by atoms with Crippen molar-refractivity contribution in [3.63, 3.8) is 0 Å². The summed E-state index contributed by atoms with van der Waals surface area (Å²) in [5.74, 6) is -0.195. The van der Waals surface area contributed by atoms with Gasteiger partial charge in [-0.25, -0.2) is 8.42 Å². The van der Waals surface area contributed by atoms with Gasteiger partial charge < -0.3 is 16.0 Å². The number of benzene rings is 2. The number of hydrogen-bond acceptors (Lipinski definition) is 5. The molecule has 0 aliphatic carbocycles. The van der Waals surface area contributed by atoms with Gasteiger partial charge in [0.1, 0.15) is 0 Å². The third-order valence-corrected chi connectivity index (χ3v) is 7.41. The van der Waals surface area contributed by atoms with Crippen molar-refractivity contribution in [2.75, 3.05) is 42.1 Å². The van der Waals surface area contributed by atoms with Gasteiger partial charge >= 0.3 is 0 Å². The monoisotopic (exact) mass is 460 g/mol. The zero-order valence-electron chi connectivity index (χ0n) is 19.8. The van der Waals surface area contributed by atoms with Crippen LogP contribution in [0.1, 0.15) is 44.7 Å². The Balaban J connectivity index is 2.25. The topological polar surface area (TPSA) is 90.5 Å². The quantitative estimate of drug-likeness (QED) is 0.403. The van der Waals surface area contributed by atoms with E-state index >= 15 is 0 Å². The molecule has 2 aromatic carbocycles. The summed E-state index contributed by atoms with van der Waals surface area (Å²) < 4.78 is 27.4. The molecule has 2 rings (SSSR count). The number of rotatable bonds is 12. The van der Waals surface area contributed by atoms with Gasteiger partial charge in [0.2, 0.25) is 15.9 Å². The number of hydrogen-bond donors (Lipinski definition) is 3. The minimum absolute atomic E-state index is 0.0189. The lowest BCUT2D eigenvalue weighted by molar-refractivity contribution is -0.114. The normalized spacial score (nSPS) is 11.4. The molecule has 0 saturated heterocycles. The van der Waals surface area contributed by atoms with Gasteiger partial charge in [-0.2, -0.15) is 4.31 Å². The Hall–Kier alpha value is -2.58. The first-order chi connectivity index (χ1) is 15.2. The molecule has 0 aromatic heterocycles. The van der Waals surface area contributed by atoms with Gasteiger partial charge in [-0.15, -0.1) is 0 Å². The second-order valence-electron chi connectivity index (χ2n) is 7.75. The van der Waals surface area contributed by atoms with Crippen molar-refractivity contribution < 1.29 is 13.2 Å². The van der Waals surface area contributed by atoms with Gasteiger partial charge in [0.15, 0.2) is 0 Å². The highest BCUT2D eigenvalue weighted by molar-refractivity contribution is 7.89.